The molecule has 0 spiro atoms. The van der Waals surface area contributed by atoms with Crippen molar-refractivity contribution in [2.45, 2.75) is 12.4 Å². The maximum atomic E-state index is 14.0. The Labute approximate surface area is 239 Å². The lowest BCUT2D eigenvalue weighted by Crippen LogP contribution is -2.28. The normalized spacial score (nSPS) is 11.6. The Morgan fingerprint density at radius 3 is 1.65 bits per heavy atom. The van der Waals surface area contributed by atoms with E-state index in [4.69, 9.17) is 17.2 Å². The molecule has 0 aliphatic carbocycles. The number of carbonyl (C=O) groups excluding carboxylic acids is 3. The summed E-state index contributed by atoms with van der Waals surface area (Å²) < 4.78 is 82.5. The average molecular weight is 602 g/mol. The second kappa shape index (κ2) is 11.4. The number of rotatable bonds is 6. The van der Waals surface area contributed by atoms with Crippen LogP contribution >= 0.6 is 0 Å². The number of halogens is 6. The molecule has 0 aromatic heterocycles. The monoisotopic (exact) mass is 601 g/mol. The highest BCUT2D eigenvalue weighted by molar-refractivity contribution is 6.12. The molecule has 0 aliphatic rings. The van der Waals surface area contributed by atoms with Crippen molar-refractivity contribution in [3.05, 3.63) is 113 Å². The van der Waals surface area contributed by atoms with E-state index < -0.39 is 52.6 Å². The fourth-order valence-corrected chi connectivity index (χ4v) is 4.11. The Balaban J connectivity index is 1.75. The second-order valence-corrected chi connectivity index (χ2v) is 9.16. The minimum absolute atomic E-state index is 0.0525. The Morgan fingerprint density at radius 1 is 0.628 bits per heavy atom. The molecule has 222 valence electrons. The Morgan fingerprint density at radius 2 is 1.12 bits per heavy atom. The van der Waals surface area contributed by atoms with Crippen molar-refractivity contribution in [3.63, 3.8) is 0 Å². The van der Waals surface area contributed by atoms with Crippen LogP contribution in [0.15, 0.2) is 84.9 Å². The van der Waals surface area contributed by atoms with Crippen LogP contribution in [-0.4, -0.2) is 17.7 Å². The number of hydrogen-bond acceptors (Lipinski definition) is 5. The van der Waals surface area contributed by atoms with Crippen LogP contribution in [0, 0.1) is 0 Å². The number of nitrogens with two attached hydrogens (primary N) is 3. The minimum atomic E-state index is -4.94. The Bertz CT molecular complexity index is 1700. The van der Waals surface area contributed by atoms with Gasteiger partial charge in [-0.05, 0) is 84.9 Å². The molecule has 0 heterocycles. The SMILES string of the molecule is NC(=O)c1ccc(C(=O)N(c2ccc(C(=O)Nc3ccc(N)cc3C(F)(F)F)cc2)c2ccc(N)cc2C(F)(F)F)cc1. The van der Waals surface area contributed by atoms with Crippen LogP contribution in [0.25, 0.3) is 0 Å². The summed E-state index contributed by atoms with van der Waals surface area (Å²) in [5.41, 5.74) is 11.9. The molecule has 4 aromatic carbocycles. The van der Waals surface area contributed by atoms with Crippen LogP contribution in [0.3, 0.4) is 0 Å². The number of primary amides is 1. The van der Waals surface area contributed by atoms with E-state index in [9.17, 15) is 40.7 Å². The van der Waals surface area contributed by atoms with Gasteiger partial charge < -0.3 is 22.5 Å². The quantitative estimate of drug-likeness (QED) is 0.153. The van der Waals surface area contributed by atoms with Crippen molar-refractivity contribution in [1.29, 1.82) is 0 Å². The minimum Gasteiger partial charge on any atom is -0.399 e. The van der Waals surface area contributed by atoms with E-state index in [1.54, 1.807) is 0 Å². The van der Waals surface area contributed by atoms with Gasteiger partial charge in [0.15, 0.2) is 0 Å². The molecule has 0 saturated heterocycles. The van der Waals surface area contributed by atoms with Gasteiger partial charge in [-0.25, -0.2) is 0 Å². The predicted molar refractivity (Wildman–Crippen MR) is 148 cm³/mol. The fourth-order valence-electron chi connectivity index (χ4n) is 4.11. The van der Waals surface area contributed by atoms with Gasteiger partial charge in [0.05, 0.1) is 22.5 Å². The van der Waals surface area contributed by atoms with Crippen LogP contribution in [-0.2, 0) is 12.4 Å². The molecular weight excluding hydrogens is 580 g/mol. The molecule has 43 heavy (non-hydrogen) atoms. The fraction of sp³-hybridized carbons (Fsp3) is 0.0690. The zero-order chi connectivity index (χ0) is 31.7. The van der Waals surface area contributed by atoms with Gasteiger partial charge in [-0.2, -0.15) is 26.3 Å². The summed E-state index contributed by atoms with van der Waals surface area (Å²) in [5.74, 6) is -2.70. The van der Waals surface area contributed by atoms with Crippen molar-refractivity contribution in [3.8, 4) is 0 Å². The molecular formula is C29H21F6N5O3. The highest BCUT2D eigenvalue weighted by Crippen LogP contribution is 2.41. The molecule has 0 bridgehead atoms. The molecule has 7 N–H and O–H groups in total. The average Bonchev–Trinajstić information content (AvgIpc) is 2.94. The smallest absolute Gasteiger partial charge is 0.399 e. The highest BCUT2D eigenvalue weighted by Gasteiger charge is 2.37. The van der Waals surface area contributed by atoms with Crippen LogP contribution in [0.5, 0.6) is 0 Å². The first-order valence-corrected chi connectivity index (χ1v) is 12.2. The van der Waals surface area contributed by atoms with Gasteiger partial charge >= 0.3 is 12.4 Å². The molecule has 0 aliphatic heterocycles. The molecule has 0 atom stereocenters. The lowest BCUT2D eigenvalue weighted by Gasteiger charge is -2.27. The molecule has 0 saturated carbocycles. The molecule has 4 aromatic rings. The summed E-state index contributed by atoms with van der Waals surface area (Å²) in [6.07, 6.45) is -9.76. The van der Waals surface area contributed by atoms with Crippen LogP contribution in [0.1, 0.15) is 42.2 Å². The number of nitrogens with one attached hydrogen (secondary N) is 1. The van der Waals surface area contributed by atoms with Gasteiger partial charge in [0, 0.05) is 33.8 Å². The number of benzene rings is 4. The van der Waals surface area contributed by atoms with E-state index in [2.05, 4.69) is 5.32 Å². The number of nitrogen functional groups attached to an aromatic ring is 2. The molecule has 0 radical (unpaired) electrons. The summed E-state index contributed by atoms with van der Waals surface area (Å²) in [6, 6.07) is 15.0. The molecule has 0 unspecified atom stereocenters. The Kier molecular flexibility index (Phi) is 8.06. The van der Waals surface area contributed by atoms with E-state index in [0.717, 1.165) is 53.4 Å². The summed E-state index contributed by atoms with van der Waals surface area (Å²) in [6.45, 7) is 0. The first-order valence-electron chi connectivity index (χ1n) is 12.2. The van der Waals surface area contributed by atoms with Crippen molar-refractivity contribution in [2.75, 3.05) is 21.7 Å². The van der Waals surface area contributed by atoms with Crippen LogP contribution in [0.2, 0.25) is 0 Å². The van der Waals surface area contributed by atoms with Crippen molar-refractivity contribution in [1.82, 2.24) is 0 Å². The van der Waals surface area contributed by atoms with Crippen LogP contribution < -0.4 is 27.4 Å². The largest absolute Gasteiger partial charge is 0.418 e. The van der Waals surface area contributed by atoms with E-state index in [0.29, 0.717) is 12.1 Å². The van der Waals surface area contributed by atoms with Gasteiger partial charge in [-0.3, -0.25) is 19.3 Å². The van der Waals surface area contributed by atoms with Crippen molar-refractivity contribution in [2.24, 2.45) is 5.73 Å². The zero-order valence-electron chi connectivity index (χ0n) is 21.8. The lowest BCUT2D eigenvalue weighted by molar-refractivity contribution is -0.137. The van der Waals surface area contributed by atoms with Gasteiger partial charge in [-0.15, -0.1) is 0 Å². The standard InChI is InChI=1S/C29H21F6N5O3/c30-28(31,32)21-13-18(36)7-11-23(21)39-26(42)16-5-9-20(10-6-16)40(24-12-8-19(37)14-22(24)29(33,34)35)27(43)17-3-1-15(2-4-17)25(38)41/h1-14H,36-37H2,(H2,38,41)(H,39,42). The molecule has 4 rings (SSSR count). The van der Waals surface area contributed by atoms with E-state index >= 15 is 0 Å². The number of amides is 3. The van der Waals surface area contributed by atoms with Gasteiger partial charge in [-0.1, -0.05) is 0 Å². The third-order valence-electron chi connectivity index (χ3n) is 6.17. The maximum Gasteiger partial charge on any atom is 0.418 e. The van der Waals surface area contributed by atoms with Crippen molar-refractivity contribution >= 4 is 46.2 Å². The summed E-state index contributed by atoms with van der Waals surface area (Å²) >= 11 is 0. The third-order valence-corrected chi connectivity index (χ3v) is 6.17. The third kappa shape index (κ3) is 6.69. The summed E-state index contributed by atoms with van der Waals surface area (Å²) in [5, 5.41) is 2.14. The van der Waals surface area contributed by atoms with E-state index in [1.165, 1.54) is 24.3 Å². The molecule has 14 heteroatoms. The van der Waals surface area contributed by atoms with E-state index in [1.807, 2.05) is 0 Å². The second-order valence-electron chi connectivity index (χ2n) is 9.16. The highest BCUT2D eigenvalue weighted by atomic mass is 19.4. The van der Waals surface area contributed by atoms with Gasteiger partial charge in [0.25, 0.3) is 11.8 Å². The summed E-state index contributed by atoms with van der Waals surface area (Å²) in [4.78, 5) is 38.6. The number of nitrogens with zero attached hydrogens (tertiary/aromatic N) is 1. The summed E-state index contributed by atoms with van der Waals surface area (Å²) in [7, 11) is 0. The van der Waals surface area contributed by atoms with Crippen LogP contribution in [0.4, 0.5) is 54.8 Å². The number of carbonyl (C=O) groups is 3. The number of anilines is 5. The van der Waals surface area contributed by atoms with Crippen molar-refractivity contribution < 1.29 is 40.7 Å². The number of hydrogen-bond donors (Lipinski definition) is 4. The van der Waals surface area contributed by atoms with Gasteiger partial charge in [0.1, 0.15) is 0 Å². The van der Waals surface area contributed by atoms with E-state index in [-0.39, 0.29) is 33.8 Å². The topological polar surface area (TPSA) is 145 Å². The number of alkyl halides is 6. The predicted octanol–water partition coefficient (Wildman–Crippen LogP) is 6.22. The lowest BCUT2D eigenvalue weighted by atomic mass is 10.1. The molecule has 8 nitrogen and oxygen atoms in total. The molecule has 3 amide bonds. The Hall–Kier alpha value is -5.53. The first-order chi connectivity index (χ1) is 20.1. The molecule has 0 fully saturated rings. The zero-order valence-corrected chi connectivity index (χ0v) is 21.8. The first kappa shape index (κ1) is 30.4. The van der Waals surface area contributed by atoms with Gasteiger partial charge in [0.2, 0.25) is 5.91 Å². The maximum absolute atomic E-state index is 14.0.